The Labute approximate surface area is 95.3 Å². The third-order valence-corrected chi connectivity index (χ3v) is 2.17. The number of nitriles is 1. The number of nitrogens with one attached hydrogen (secondary N) is 2. The van der Waals surface area contributed by atoms with E-state index in [0.717, 1.165) is 5.56 Å². The van der Waals surface area contributed by atoms with Crippen LogP contribution in [-0.4, -0.2) is 12.1 Å². The normalized spacial score (nSPS) is 11.2. The Morgan fingerprint density at radius 3 is 2.69 bits per heavy atom. The van der Waals surface area contributed by atoms with Crippen molar-refractivity contribution in [2.75, 3.05) is 0 Å². The van der Waals surface area contributed by atoms with E-state index in [1.807, 2.05) is 43.3 Å². The summed E-state index contributed by atoms with van der Waals surface area (Å²) in [5.74, 6) is 0. The summed E-state index contributed by atoms with van der Waals surface area (Å²) in [6.45, 7) is 2.32. The fraction of sp³-hybridized carbons (Fsp3) is 0.333. The van der Waals surface area contributed by atoms with Gasteiger partial charge in [-0.3, -0.25) is 0 Å². The monoisotopic (exact) mass is 217 g/mol. The first-order valence-corrected chi connectivity index (χ1v) is 5.24. The molecule has 0 saturated carbocycles. The third-order valence-electron chi connectivity index (χ3n) is 2.17. The van der Waals surface area contributed by atoms with Gasteiger partial charge in [-0.15, -0.1) is 0 Å². The molecule has 4 heteroatoms. The number of amides is 2. The van der Waals surface area contributed by atoms with Crippen molar-refractivity contribution in [2.45, 2.75) is 25.9 Å². The Morgan fingerprint density at radius 2 is 2.12 bits per heavy atom. The molecule has 1 rings (SSSR count). The first-order chi connectivity index (χ1) is 7.76. The average molecular weight is 217 g/mol. The highest BCUT2D eigenvalue weighted by molar-refractivity contribution is 5.74. The minimum absolute atomic E-state index is 0.308. The van der Waals surface area contributed by atoms with E-state index in [1.54, 1.807) is 0 Å². The van der Waals surface area contributed by atoms with Crippen LogP contribution in [0, 0.1) is 11.3 Å². The molecule has 1 unspecified atom stereocenters. The zero-order valence-electron chi connectivity index (χ0n) is 9.23. The molecule has 0 heterocycles. The van der Waals surface area contributed by atoms with Crippen molar-refractivity contribution >= 4 is 6.03 Å². The van der Waals surface area contributed by atoms with Crippen LogP contribution in [0.25, 0.3) is 0 Å². The van der Waals surface area contributed by atoms with Gasteiger partial charge >= 0.3 is 6.03 Å². The molecule has 2 N–H and O–H groups in total. The van der Waals surface area contributed by atoms with E-state index >= 15 is 0 Å². The van der Waals surface area contributed by atoms with Crippen molar-refractivity contribution in [1.29, 1.82) is 5.26 Å². The van der Waals surface area contributed by atoms with Crippen LogP contribution in [0.3, 0.4) is 0 Å². The molecule has 0 aliphatic rings. The van der Waals surface area contributed by atoms with E-state index in [0.29, 0.717) is 13.0 Å². The Hall–Kier alpha value is -2.02. The fourth-order valence-electron chi connectivity index (χ4n) is 1.21. The van der Waals surface area contributed by atoms with Gasteiger partial charge < -0.3 is 10.6 Å². The summed E-state index contributed by atoms with van der Waals surface area (Å²) in [6, 6.07) is 10.9. The van der Waals surface area contributed by atoms with Crippen molar-refractivity contribution in [2.24, 2.45) is 0 Å². The van der Waals surface area contributed by atoms with Crippen LogP contribution in [0.2, 0.25) is 0 Å². The molecule has 0 radical (unpaired) electrons. The Balaban J connectivity index is 2.34. The maximum atomic E-state index is 11.4. The highest BCUT2D eigenvalue weighted by Gasteiger charge is 2.07. The lowest BCUT2D eigenvalue weighted by Crippen LogP contribution is -2.40. The molecule has 0 bridgehead atoms. The molecule has 0 aliphatic carbocycles. The molecule has 1 aromatic carbocycles. The second-order valence-corrected chi connectivity index (χ2v) is 3.40. The van der Waals surface area contributed by atoms with Crippen molar-refractivity contribution in [3.63, 3.8) is 0 Å². The number of hydrogen-bond acceptors (Lipinski definition) is 2. The van der Waals surface area contributed by atoms with E-state index < -0.39 is 6.04 Å². The minimum atomic E-state index is -0.421. The standard InChI is InChI=1S/C12H15N3O/c1-2-11(8-13)15-12(16)14-9-10-6-4-3-5-7-10/h3-7,11H,2,9H2,1H3,(H2,14,15,16). The Kier molecular flexibility index (Phi) is 4.87. The lowest BCUT2D eigenvalue weighted by molar-refractivity contribution is 0.238. The Morgan fingerprint density at radius 1 is 1.44 bits per heavy atom. The summed E-state index contributed by atoms with van der Waals surface area (Å²) in [4.78, 5) is 11.4. The summed E-state index contributed by atoms with van der Waals surface area (Å²) in [7, 11) is 0. The van der Waals surface area contributed by atoms with Gasteiger partial charge in [-0.1, -0.05) is 37.3 Å². The Bertz CT molecular complexity index is 370. The summed E-state index contributed by atoms with van der Waals surface area (Å²) < 4.78 is 0. The van der Waals surface area contributed by atoms with Gasteiger partial charge in [0, 0.05) is 6.54 Å². The van der Waals surface area contributed by atoms with Crippen LogP contribution in [-0.2, 0) is 6.54 Å². The van der Waals surface area contributed by atoms with Gasteiger partial charge in [0.2, 0.25) is 0 Å². The number of carbonyl (C=O) groups excluding carboxylic acids is 1. The van der Waals surface area contributed by atoms with Gasteiger partial charge in [0.15, 0.2) is 0 Å². The summed E-state index contributed by atoms with van der Waals surface area (Å²) in [6.07, 6.45) is 0.606. The van der Waals surface area contributed by atoms with E-state index in [1.165, 1.54) is 0 Å². The van der Waals surface area contributed by atoms with E-state index in [2.05, 4.69) is 10.6 Å². The number of benzene rings is 1. The van der Waals surface area contributed by atoms with Crippen molar-refractivity contribution in [3.8, 4) is 6.07 Å². The molecule has 1 aromatic rings. The number of carbonyl (C=O) groups is 1. The number of hydrogen-bond donors (Lipinski definition) is 2. The van der Waals surface area contributed by atoms with E-state index in [4.69, 9.17) is 5.26 Å². The summed E-state index contributed by atoms with van der Waals surface area (Å²) in [5, 5.41) is 13.9. The smallest absolute Gasteiger partial charge is 0.316 e. The van der Waals surface area contributed by atoms with Gasteiger partial charge in [0.1, 0.15) is 6.04 Å². The maximum absolute atomic E-state index is 11.4. The summed E-state index contributed by atoms with van der Waals surface area (Å²) in [5.41, 5.74) is 1.03. The van der Waals surface area contributed by atoms with Crippen LogP contribution in [0.15, 0.2) is 30.3 Å². The van der Waals surface area contributed by atoms with Gasteiger partial charge in [-0.2, -0.15) is 5.26 Å². The maximum Gasteiger partial charge on any atom is 0.316 e. The lowest BCUT2D eigenvalue weighted by atomic mass is 10.2. The lowest BCUT2D eigenvalue weighted by Gasteiger charge is -2.10. The molecule has 0 saturated heterocycles. The SMILES string of the molecule is CCC(C#N)NC(=O)NCc1ccccc1. The molecule has 0 aromatic heterocycles. The van der Waals surface area contributed by atoms with E-state index in [9.17, 15) is 4.79 Å². The second kappa shape index (κ2) is 6.46. The third kappa shape index (κ3) is 4.01. The molecule has 0 aliphatic heterocycles. The van der Waals surface area contributed by atoms with Crippen molar-refractivity contribution in [3.05, 3.63) is 35.9 Å². The van der Waals surface area contributed by atoms with Crippen molar-refractivity contribution < 1.29 is 4.79 Å². The molecule has 16 heavy (non-hydrogen) atoms. The molecule has 4 nitrogen and oxygen atoms in total. The second-order valence-electron chi connectivity index (χ2n) is 3.40. The van der Waals surface area contributed by atoms with Gasteiger partial charge in [-0.05, 0) is 12.0 Å². The van der Waals surface area contributed by atoms with Gasteiger partial charge in [0.05, 0.1) is 6.07 Å². The zero-order valence-corrected chi connectivity index (χ0v) is 9.23. The highest BCUT2D eigenvalue weighted by Crippen LogP contribution is 1.97. The van der Waals surface area contributed by atoms with Gasteiger partial charge in [-0.25, -0.2) is 4.79 Å². The fourth-order valence-corrected chi connectivity index (χ4v) is 1.21. The summed E-state index contributed by atoms with van der Waals surface area (Å²) >= 11 is 0. The minimum Gasteiger partial charge on any atom is -0.334 e. The quantitative estimate of drug-likeness (QED) is 0.807. The largest absolute Gasteiger partial charge is 0.334 e. The van der Waals surface area contributed by atoms with Crippen LogP contribution >= 0.6 is 0 Å². The topological polar surface area (TPSA) is 64.9 Å². The van der Waals surface area contributed by atoms with Crippen LogP contribution in [0.5, 0.6) is 0 Å². The number of urea groups is 1. The number of rotatable bonds is 4. The first kappa shape index (κ1) is 12.1. The van der Waals surface area contributed by atoms with Crippen LogP contribution in [0.4, 0.5) is 4.79 Å². The molecule has 84 valence electrons. The van der Waals surface area contributed by atoms with E-state index in [-0.39, 0.29) is 6.03 Å². The number of nitrogens with zero attached hydrogens (tertiary/aromatic N) is 1. The average Bonchev–Trinajstić information content (AvgIpc) is 2.34. The van der Waals surface area contributed by atoms with Crippen LogP contribution < -0.4 is 10.6 Å². The molecule has 0 spiro atoms. The predicted octanol–water partition coefficient (Wildman–Crippen LogP) is 1.79. The molecular formula is C12H15N3O. The van der Waals surface area contributed by atoms with Crippen LogP contribution in [0.1, 0.15) is 18.9 Å². The molecule has 1 atom stereocenters. The molecular weight excluding hydrogens is 202 g/mol. The first-order valence-electron chi connectivity index (χ1n) is 5.24. The highest BCUT2D eigenvalue weighted by atomic mass is 16.2. The van der Waals surface area contributed by atoms with Gasteiger partial charge in [0.25, 0.3) is 0 Å². The zero-order chi connectivity index (χ0) is 11.8. The predicted molar refractivity (Wildman–Crippen MR) is 61.5 cm³/mol. The van der Waals surface area contributed by atoms with Crippen molar-refractivity contribution in [1.82, 2.24) is 10.6 Å². The molecule has 0 fully saturated rings. The molecule has 2 amide bonds.